The first-order valence-corrected chi connectivity index (χ1v) is 7.00. The smallest absolute Gasteiger partial charge is 0.334 e. The number of hydrogen-bond acceptors (Lipinski definition) is 4. The van der Waals surface area contributed by atoms with Gasteiger partial charge in [0.2, 0.25) is 17.5 Å². The third-order valence-corrected chi connectivity index (χ3v) is 3.45. The number of nitrogens with zero attached hydrogens (tertiary/aromatic N) is 2. The van der Waals surface area contributed by atoms with Crippen LogP contribution in [-0.2, 0) is 11.3 Å². The Morgan fingerprint density at radius 1 is 1.16 bits per heavy atom. The summed E-state index contributed by atoms with van der Waals surface area (Å²) in [6.07, 6.45) is 0. The number of amides is 1. The van der Waals surface area contributed by atoms with Crippen molar-refractivity contribution >= 4 is 17.3 Å². The molecule has 0 spiro atoms. The summed E-state index contributed by atoms with van der Waals surface area (Å²) >= 11 is 0. The van der Waals surface area contributed by atoms with Gasteiger partial charge in [-0.15, -0.1) is 0 Å². The van der Waals surface area contributed by atoms with Crippen LogP contribution in [0, 0.1) is 27.6 Å². The molecule has 0 fully saturated rings. The molecular weight excluding hydrogens is 341 g/mol. The van der Waals surface area contributed by atoms with E-state index in [1.165, 1.54) is 0 Å². The van der Waals surface area contributed by atoms with Crippen molar-refractivity contribution in [2.45, 2.75) is 13.5 Å². The molecule has 1 amide bonds. The van der Waals surface area contributed by atoms with E-state index < -0.39 is 45.4 Å². The average molecular weight is 354 g/mol. The molecule has 132 valence electrons. The molecule has 0 atom stereocenters. The first-order chi connectivity index (χ1) is 11.8. The SMILES string of the molecule is COc1c(F)c(F)c([N+](=O)[O-])c(N(Cc2ccccc2)C(C)=O)c1F. The van der Waals surface area contributed by atoms with Crippen LogP contribution in [0.1, 0.15) is 12.5 Å². The summed E-state index contributed by atoms with van der Waals surface area (Å²) in [4.78, 5) is 22.5. The summed E-state index contributed by atoms with van der Waals surface area (Å²) in [7, 11) is 0.881. The maximum absolute atomic E-state index is 14.6. The van der Waals surface area contributed by atoms with Crippen molar-refractivity contribution in [3.63, 3.8) is 0 Å². The summed E-state index contributed by atoms with van der Waals surface area (Å²) in [5, 5.41) is 11.2. The second-order valence-corrected chi connectivity index (χ2v) is 5.02. The van der Waals surface area contributed by atoms with Crippen molar-refractivity contribution in [2.24, 2.45) is 0 Å². The molecule has 0 aliphatic rings. The summed E-state index contributed by atoms with van der Waals surface area (Å²) in [5.41, 5.74) is -1.95. The van der Waals surface area contributed by atoms with Crippen LogP contribution < -0.4 is 9.64 Å². The van der Waals surface area contributed by atoms with Gasteiger partial charge in [0.15, 0.2) is 17.3 Å². The monoisotopic (exact) mass is 354 g/mol. The first-order valence-electron chi connectivity index (χ1n) is 7.00. The summed E-state index contributed by atoms with van der Waals surface area (Å²) < 4.78 is 47.0. The molecule has 2 aromatic carbocycles. The minimum atomic E-state index is -1.91. The van der Waals surface area contributed by atoms with E-state index in [1.807, 2.05) is 0 Å². The number of ether oxygens (including phenoxy) is 1. The molecule has 0 radical (unpaired) electrons. The Balaban J connectivity index is 2.74. The zero-order valence-corrected chi connectivity index (χ0v) is 13.3. The van der Waals surface area contributed by atoms with Crippen molar-refractivity contribution < 1.29 is 27.6 Å². The van der Waals surface area contributed by atoms with E-state index in [-0.39, 0.29) is 6.54 Å². The lowest BCUT2D eigenvalue weighted by Gasteiger charge is -2.23. The van der Waals surface area contributed by atoms with Crippen LogP contribution in [0.25, 0.3) is 0 Å². The molecule has 0 heterocycles. The highest BCUT2D eigenvalue weighted by Crippen LogP contribution is 2.41. The van der Waals surface area contributed by atoms with E-state index in [4.69, 9.17) is 0 Å². The fraction of sp³-hybridized carbons (Fsp3) is 0.188. The molecule has 0 bridgehead atoms. The van der Waals surface area contributed by atoms with E-state index in [0.717, 1.165) is 14.0 Å². The van der Waals surface area contributed by atoms with Gasteiger partial charge in [0.05, 0.1) is 18.6 Å². The first kappa shape index (κ1) is 18.2. The lowest BCUT2D eigenvalue weighted by atomic mass is 10.1. The molecule has 0 saturated carbocycles. The second kappa shape index (κ2) is 7.20. The summed E-state index contributed by atoms with van der Waals surface area (Å²) in [5.74, 6) is -7.20. The van der Waals surface area contributed by atoms with E-state index in [2.05, 4.69) is 4.74 Å². The van der Waals surface area contributed by atoms with Crippen LogP contribution in [0.3, 0.4) is 0 Å². The fourth-order valence-electron chi connectivity index (χ4n) is 2.32. The van der Waals surface area contributed by atoms with Crippen LogP contribution in [-0.4, -0.2) is 17.9 Å². The zero-order valence-electron chi connectivity index (χ0n) is 13.3. The number of carbonyl (C=O) groups excluding carboxylic acids is 1. The average Bonchev–Trinajstić information content (AvgIpc) is 2.57. The van der Waals surface area contributed by atoms with Crippen molar-refractivity contribution in [1.82, 2.24) is 0 Å². The minimum absolute atomic E-state index is 0.276. The zero-order chi connectivity index (χ0) is 18.7. The highest BCUT2D eigenvalue weighted by atomic mass is 19.2. The van der Waals surface area contributed by atoms with Crippen molar-refractivity contribution in [1.29, 1.82) is 0 Å². The number of carbonyl (C=O) groups is 1. The van der Waals surface area contributed by atoms with Crippen molar-refractivity contribution in [2.75, 3.05) is 12.0 Å². The molecule has 0 unspecified atom stereocenters. The molecule has 0 aliphatic heterocycles. The molecule has 2 aromatic rings. The Kier molecular flexibility index (Phi) is 5.26. The molecule has 9 heteroatoms. The molecular formula is C16H13F3N2O4. The Morgan fingerprint density at radius 2 is 1.76 bits per heavy atom. The molecule has 0 N–H and O–H groups in total. The van der Waals surface area contributed by atoms with Gasteiger partial charge in [-0.2, -0.15) is 8.78 Å². The van der Waals surface area contributed by atoms with Crippen LogP contribution in [0.4, 0.5) is 24.5 Å². The normalized spacial score (nSPS) is 10.4. The van der Waals surface area contributed by atoms with Crippen molar-refractivity contribution in [3.8, 4) is 5.75 Å². The number of methoxy groups -OCH3 is 1. The van der Waals surface area contributed by atoms with Gasteiger partial charge in [-0.25, -0.2) is 4.39 Å². The van der Waals surface area contributed by atoms with Gasteiger partial charge in [0.25, 0.3) is 0 Å². The third-order valence-electron chi connectivity index (χ3n) is 3.45. The largest absolute Gasteiger partial charge is 0.491 e. The standard InChI is InChI=1S/C16H13F3N2O4/c1-9(22)20(8-10-6-4-3-5-7-10)14-13(19)16(25-2)12(18)11(17)15(14)21(23)24/h3-7H,8H2,1-2H3. The Hall–Kier alpha value is -3.10. The Bertz CT molecular complexity index is 828. The summed E-state index contributed by atoms with van der Waals surface area (Å²) in [6, 6.07) is 8.17. The summed E-state index contributed by atoms with van der Waals surface area (Å²) in [6.45, 7) is 0.752. The number of halogens is 3. The number of hydrogen-bond donors (Lipinski definition) is 0. The van der Waals surface area contributed by atoms with Gasteiger partial charge in [0.1, 0.15) is 0 Å². The highest BCUT2D eigenvalue weighted by molar-refractivity contribution is 5.94. The number of nitro groups is 1. The van der Waals surface area contributed by atoms with E-state index in [1.54, 1.807) is 30.3 Å². The topological polar surface area (TPSA) is 72.7 Å². The van der Waals surface area contributed by atoms with E-state index in [0.29, 0.717) is 10.5 Å². The Labute approximate surface area is 140 Å². The van der Waals surface area contributed by atoms with Gasteiger partial charge < -0.3 is 4.74 Å². The molecule has 0 aromatic heterocycles. The maximum atomic E-state index is 14.6. The quantitative estimate of drug-likeness (QED) is 0.467. The van der Waals surface area contributed by atoms with Gasteiger partial charge in [0, 0.05) is 6.92 Å². The highest BCUT2D eigenvalue weighted by Gasteiger charge is 2.37. The van der Waals surface area contributed by atoms with Crippen LogP contribution >= 0.6 is 0 Å². The lowest BCUT2D eigenvalue weighted by Crippen LogP contribution is -2.30. The lowest BCUT2D eigenvalue weighted by molar-refractivity contribution is -0.387. The Morgan fingerprint density at radius 3 is 2.24 bits per heavy atom. The van der Waals surface area contributed by atoms with Crippen LogP contribution in [0.15, 0.2) is 30.3 Å². The van der Waals surface area contributed by atoms with Gasteiger partial charge in [-0.05, 0) is 5.56 Å². The molecule has 2 rings (SSSR count). The second-order valence-electron chi connectivity index (χ2n) is 5.02. The number of nitro benzene ring substituents is 1. The van der Waals surface area contributed by atoms with Crippen molar-refractivity contribution in [3.05, 3.63) is 63.5 Å². The predicted octanol–water partition coefficient (Wildman–Crippen LogP) is 3.57. The number of anilines is 1. The fourth-order valence-corrected chi connectivity index (χ4v) is 2.32. The van der Waals surface area contributed by atoms with Gasteiger partial charge >= 0.3 is 5.69 Å². The molecule has 6 nitrogen and oxygen atoms in total. The minimum Gasteiger partial charge on any atom is -0.491 e. The number of rotatable bonds is 5. The molecule has 25 heavy (non-hydrogen) atoms. The third kappa shape index (κ3) is 3.39. The van der Waals surface area contributed by atoms with Gasteiger partial charge in [-0.3, -0.25) is 19.8 Å². The van der Waals surface area contributed by atoms with E-state index >= 15 is 0 Å². The predicted molar refractivity (Wildman–Crippen MR) is 82.8 cm³/mol. The van der Waals surface area contributed by atoms with Gasteiger partial charge in [-0.1, -0.05) is 30.3 Å². The molecule has 0 aliphatic carbocycles. The van der Waals surface area contributed by atoms with E-state index in [9.17, 15) is 28.1 Å². The maximum Gasteiger partial charge on any atom is 0.334 e. The molecule has 0 saturated heterocycles. The van der Waals surface area contributed by atoms with Crippen LogP contribution in [0.5, 0.6) is 5.75 Å². The number of benzene rings is 2. The van der Waals surface area contributed by atoms with Crippen LogP contribution in [0.2, 0.25) is 0 Å².